The number of hydrogen-bond donors (Lipinski definition) is 0. The standard InChI is InChI=1S/C14H15S/c1-2-7-13(8-3-1)9-4-5-10-14-11-6-12-15-14/h1-3,6-8,10-12H,4-5,9H2. The summed E-state index contributed by atoms with van der Waals surface area (Å²) in [7, 11) is 0. The lowest BCUT2D eigenvalue weighted by molar-refractivity contribution is 0.818. The van der Waals surface area contributed by atoms with Gasteiger partial charge in [0.2, 0.25) is 0 Å². The van der Waals surface area contributed by atoms with Crippen LogP contribution in [0, 0.1) is 6.42 Å². The number of benzene rings is 1. The molecule has 1 radical (unpaired) electrons. The van der Waals surface area contributed by atoms with Gasteiger partial charge in [-0.25, -0.2) is 0 Å². The molecule has 1 aromatic heterocycles. The number of hydrogen-bond acceptors (Lipinski definition) is 1. The van der Waals surface area contributed by atoms with E-state index in [2.05, 4.69) is 54.3 Å². The van der Waals surface area contributed by atoms with Gasteiger partial charge in [-0.15, -0.1) is 11.3 Å². The summed E-state index contributed by atoms with van der Waals surface area (Å²) in [6.07, 6.45) is 5.92. The molecule has 0 unspecified atom stereocenters. The molecule has 0 spiro atoms. The van der Waals surface area contributed by atoms with E-state index >= 15 is 0 Å². The van der Waals surface area contributed by atoms with Gasteiger partial charge in [0, 0.05) is 11.3 Å². The van der Waals surface area contributed by atoms with E-state index in [1.165, 1.54) is 29.7 Å². The zero-order valence-corrected chi connectivity index (χ0v) is 9.54. The molecule has 0 atom stereocenters. The highest BCUT2D eigenvalue weighted by Crippen LogP contribution is 2.15. The number of rotatable bonds is 5. The second-order valence-electron chi connectivity index (χ2n) is 3.60. The Labute approximate surface area is 95.6 Å². The molecule has 1 heterocycles. The third kappa shape index (κ3) is 3.52. The Morgan fingerprint density at radius 1 is 1.00 bits per heavy atom. The van der Waals surface area contributed by atoms with Crippen LogP contribution in [0.15, 0.2) is 47.8 Å². The van der Waals surface area contributed by atoms with Crippen molar-refractivity contribution in [3.8, 4) is 0 Å². The van der Waals surface area contributed by atoms with E-state index < -0.39 is 0 Å². The van der Waals surface area contributed by atoms with E-state index in [0.29, 0.717) is 0 Å². The Morgan fingerprint density at radius 2 is 1.87 bits per heavy atom. The summed E-state index contributed by atoms with van der Waals surface area (Å²) in [4.78, 5) is 1.39. The maximum atomic E-state index is 2.33. The SMILES string of the molecule is [CH](CCCc1ccccc1)c1cccs1. The molecule has 0 amide bonds. The van der Waals surface area contributed by atoms with Crippen LogP contribution in [0.25, 0.3) is 0 Å². The fourth-order valence-electron chi connectivity index (χ4n) is 1.60. The summed E-state index contributed by atoms with van der Waals surface area (Å²) in [6.45, 7) is 0. The van der Waals surface area contributed by atoms with Crippen molar-refractivity contribution in [2.75, 3.05) is 0 Å². The number of thiophene rings is 1. The molecular formula is C14H15S. The molecule has 0 bridgehead atoms. The second kappa shape index (κ2) is 5.72. The van der Waals surface area contributed by atoms with Gasteiger partial charge in [-0.1, -0.05) is 36.4 Å². The van der Waals surface area contributed by atoms with Crippen LogP contribution in [0.2, 0.25) is 0 Å². The largest absolute Gasteiger partial charge is 0.149 e. The van der Waals surface area contributed by atoms with Gasteiger partial charge in [-0.05, 0) is 36.3 Å². The summed E-state index contributed by atoms with van der Waals surface area (Å²) in [5, 5.41) is 2.13. The minimum absolute atomic E-state index is 1.18. The van der Waals surface area contributed by atoms with Gasteiger partial charge < -0.3 is 0 Å². The quantitative estimate of drug-likeness (QED) is 0.651. The molecule has 0 saturated heterocycles. The third-order valence-electron chi connectivity index (χ3n) is 2.40. The third-order valence-corrected chi connectivity index (χ3v) is 3.27. The first-order valence-corrected chi connectivity index (χ1v) is 6.24. The molecule has 2 rings (SSSR count). The zero-order valence-electron chi connectivity index (χ0n) is 8.73. The van der Waals surface area contributed by atoms with Crippen molar-refractivity contribution >= 4 is 11.3 Å². The van der Waals surface area contributed by atoms with Crippen LogP contribution >= 0.6 is 11.3 Å². The molecule has 0 aliphatic heterocycles. The van der Waals surface area contributed by atoms with E-state index in [4.69, 9.17) is 0 Å². The van der Waals surface area contributed by atoms with E-state index in [-0.39, 0.29) is 0 Å². The number of aryl methyl sites for hydroxylation is 1. The smallest absolute Gasteiger partial charge is 0.00825 e. The van der Waals surface area contributed by atoms with Gasteiger partial charge in [0.1, 0.15) is 0 Å². The highest BCUT2D eigenvalue weighted by molar-refractivity contribution is 7.10. The van der Waals surface area contributed by atoms with Crippen LogP contribution in [0.1, 0.15) is 23.3 Å². The van der Waals surface area contributed by atoms with E-state index in [1.807, 2.05) is 11.3 Å². The van der Waals surface area contributed by atoms with Crippen LogP contribution in [0.5, 0.6) is 0 Å². The Kier molecular flexibility index (Phi) is 3.98. The first-order chi connectivity index (χ1) is 7.45. The van der Waals surface area contributed by atoms with Gasteiger partial charge in [-0.3, -0.25) is 0 Å². The molecule has 0 fully saturated rings. The van der Waals surface area contributed by atoms with Crippen molar-refractivity contribution in [3.05, 3.63) is 64.7 Å². The molecule has 0 aliphatic rings. The van der Waals surface area contributed by atoms with Crippen molar-refractivity contribution in [1.29, 1.82) is 0 Å². The highest BCUT2D eigenvalue weighted by Gasteiger charge is 1.95. The molecule has 1 aromatic carbocycles. The van der Waals surface area contributed by atoms with Crippen molar-refractivity contribution in [2.45, 2.75) is 19.3 Å². The molecule has 1 heteroatoms. The Hall–Kier alpha value is -1.08. The second-order valence-corrected chi connectivity index (χ2v) is 4.58. The minimum atomic E-state index is 1.18. The average molecular weight is 215 g/mol. The van der Waals surface area contributed by atoms with Crippen LogP contribution in [-0.2, 0) is 6.42 Å². The maximum absolute atomic E-state index is 2.33. The zero-order chi connectivity index (χ0) is 10.3. The topological polar surface area (TPSA) is 0 Å². The van der Waals surface area contributed by atoms with Gasteiger partial charge in [0.15, 0.2) is 0 Å². The Morgan fingerprint density at radius 3 is 2.60 bits per heavy atom. The first kappa shape index (κ1) is 10.4. The summed E-state index contributed by atoms with van der Waals surface area (Å²) in [5.41, 5.74) is 1.44. The molecule has 0 nitrogen and oxygen atoms in total. The van der Waals surface area contributed by atoms with Crippen LogP contribution in [0.3, 0.4) is 0 Å². The molecule has 0 aliphatic carbocycles. The summed E-state index contributed by atoms with van der Waals surface area (Å²) >= 11 is 1.81. The van der Waals surface area contributed by atoms with Gasteiger partial charge in [0.05, 0.1) is 0 Å². The van der Waals surface area contributed by atoms with Crippen molar-refractivity contribution in [1.82, 2.24) is 0 Å². The fraction of sp³-hybridized carbons (Fsp3) is 0.214. The predicted molar refractivity (Wildman–Crippen MR) is 67.1 cm³/mol. The maximum Gasteiger partial charge on any atom is 0.00825 e. The van der Waals surface area contributed by atoms with E-state index in [0.717, 1.165) is 0 Å². The van der Waals surface area contributed by atoms with Crippen LogP contribution in [0.4, 0.5) is 0 Å². The van der Waals surface area contributed by atoms with Crippen LogP contribution in [-0.4, -0.2) is 0 Å². The fourth-order valence-corrected chi connectivity index (χ4v) is 2.29. The first-order valence-electron chi connectivity index (χ1n) is 5.36. The average Bonchev–Trinajstić information content (AvgIpc) is 2.79. The normalized spacial score (nSPS) is 10.4. The number of unbranched alkanes of at least 4 members (excludes halogenated alkanes) is 1. The lowest BCUT2D eigenvalue weighted by Crippen LogP contribution is -1.85. The monoisotopic (exact) mass is 215 g/mol. The van der Waals surface area contributed by atoms with Crippen molar-refractivity contribution < 1.29 is 0 Å². The molecule has 2 aromatic rings. The highest BCUT2D eigenvalue weighted by atomic mass is 32.1. The lowest BCUT2D eigenvalue weighted by atomic mass is 10.1. The summed E-state index contributed by atoms with van der Waals surface area (Å²) in [5.74, 6) is 0. The summed E-state index contributed by atoms with van der Waals surface area (Å²) in [6, 6.07) is 15.0. The molecule has 77 valence electrons. The molecular weight excluding hydrogens is 200 g/mol. The van der Waals surface area contributed by atoms with Crippen molar-refractivity contribution in [2.24, 2.45) is 0 Å². The van der Waals surface area contributed by atoms with E-state index in [1.54, 1.807) is 0 Å². The predicted octanol–water partition coefficient (Wildman–Crippen LogP) is 4.32. The van der Waals surface area contributed by atoms with Crippen molar-refractivity contribution in [3.63, 3.8) is 0 Å². The Balaban J connectivity index is 1.68. The lowest BCUT2D eigenvalue weighted by Gasteiger charge is -2.00. The van der Waals surface area contributed by atoms with Gasteiger partial charge in [-0.2, -0.15) is 0 Å². The van der Waals surface area contributed by atoms with Crippen LogP contribution < -0.4 is 0 Å². The summed E-state index contributed by atoms with van der Waals surface area (Å²) < 4.78 is 0. The molecule has 0 N–H and O–H groups in total. The van der Waals surface area contributed by atoms with Gasteiger partial charge >= 0.3 is 0 Å². The van der Waals surface area contributed by atoms with Gasteiger partial charge in [0.25, 0.3) is 0 Å². The Bertz CT molecular complexity index is 362. The minimum Gasteiger partial charge on any atom is -0.149 e. The molecule has 15 heavy (non-hydrogen) atoms. The molecule has 0 saturated carbocycles. The van der Waals surface area contributed by atoms with E-state index in [9.17, 15) is 0 Å².